The summed E-state index contributed by atoms with van der Waals surface area (Å²) < 4.78 is 0. The summed E-state index contributed by atoms with van der Waals surface area (Å²) >= 11 is 0. The molecule has 0 unspecified atom stereocenters. The lowest BCUT2D eigenvalue weighted by molar-refractivity contribution is 0.350. The van der Waals surface area contributed by atoms with Crippen molar-refractivity contribution in [3.8, 4) is 0 Å². The minimum atomic E-state index is 0.553. The van der Waals surface area contributed by atoms with Gasteiger partial charge in [0.15, 0.2) is 0 Å². The lowest BCUT2D eigenvalue weighted by Gasteiger charge is -2.32. The third-order valence-electron chi connectivity index (χ3n) is 3.33. The smallest absolute Gasteiger partial charge is 0.0845 e. The van der Waals surface area contributed by atoms with E-state index in [4.69, 9.17) is 0 Å². The molecule has 0 aliphatic heterocycles. The molecule has 0 aromatic heterocycles. The molecule has 12 heavy (non-hydrogen) atoms. The first-order valence-corrected chi connectivity index (χ1v) is 5.61. The Balaban J connectivity index is 2.40. The first kappa shape index (κ1) is 10.2. The van der Waals surface area contributed by atoms with E-state index in [0.717, 1.165) is 5.92 Å². The van der Waals surface area contributed by atoms with E-state index >= 15 is 0 Å². The molecule has 68 valence electrons. The fourth-order valence-electron chi connectivity index (χ4n) is 2.32. The maximum atomic E-state index is 2.40. The molecule has 1 aliphatic carbocycles. The zero-order valence-corrected chi connectivity index (χ0v) is 9.03. The largest absolute Gasteiger partial charge is 0.0992 e. The van der Waals surface area contributed by atoms with E-state index in [-0.39, 0.29) is 0 Å². The van der Waals surface area contributed by atoms with Gasteiger partial charge >= 0.3 is 0 Å². The van der Waals surface area contributed by atoms with Crippen molar-refractivity contribution in [2.45, 2.75) is 57.1 Å². The third-order valence-corrected chi connectivity index (χ3v) is 3.33. The van der Waals surface area contributed by atoms with Gasteiger partial charge in [0.25, 0.3) is 0 Å². The van der Waals surface area contributed by atoms with E-state index < -0.39 is 0 Å². The average Bonchev–Trinajstić information content (AvgIpc) is 1.81. The highest BCUT2D eigenvalue weighted by atomic mass is 14.2. The van der Waals surface area contributed by atoms with Crippen LogP contribution in [-0.4, -0.2) is 15.7 Å². The van der Waals surface area contributed by atoms with Crippen LogP contribution in [0.25, 0.3) is 0 Å². The lowest BCUT2D eigenvalue weighted by Crippen LogP contribution is -2.22. The monoisotopic (exact) mass is 164 g/mol. The van der Waals surface area contributed by atoms with Crippen molar-refractivity contribution < 1.29 is 0 Å². The van der Waals surface area contributed by atoms with Crippen LogP contribution in [0.1, 0.15) is 51.9 Å². The van der Waals surface area contributed by atoms with Crippen LogP contribution in [0.2, 0.25) is 5.21 Å². The SMILES string of the molecule is BC(B)(C)C1CCCCCCC1. The van der Waals surface area contributed by atoms with Gasteiger partial charge in [-0.3, -0.25) is 0 Å². The maximum Gasteiger partial charge on any atom is 0.0992 e. The summed E-state index contributed by atoms with van der Waals surface area (Å²) in [6.07, 6.45) is 10.3. The highest BCUT2D eigenvalue weighted by Crippen LogP contribution is 2.36. The molecule has 0 aromatic rings. The summed E-state index contributed by atoms with van der Waals surface area (Å²) in [5.41, 5.74) is 0. The number of rotatable bonds is 1. The van der Waals surface area contributed by atoms with E-state index in [0.29, 0.717) is 5.21 Å². The van der Waals surface area contributed by atoms with Crippen LogP contribution in [0, 0.1) is 5.92 Å². The van der Waals surface area contributed by atoms with Crippen molar-refractivity contribution in [3.63, 3.8) is 0 Å². The zero-order valence-electron chi connectivity index (χ0n) is 9.03. The van der Waals surface area contributed by atoms with Gasteiger partial charge in [-0.1, -0.05) is 63.0 Å². The Bertz CT molecular complexity index is 118. The molecule has 0 nitrogen and oxygen atoms in total. The Labute approximate surface area is 79.3 Å². The summed E-state index contributed by atoms with van der Waals surface area (Å²) in [6, 6.07) is 0. The second-order valence-corrected chi connectivity index (χ2v) is 5.41. The van der Waals surface area contributed by atoms with Crippen LogP contribution in [0.5, 0.6) is 0 Å². The van der Waals surface area contributed by atoms with Crippen LogP contribution in [0.3, 0.4) is 0 Å². The van der Waals surface area contributed by atoms with Crippen molar-refractivity contribution in [1.82, 2.24) is 0 Å². The van der Waals surface area contributed by atoms with Gasteiger partial charge in [0, 0.05) is 0 Å². The molecule has 1 rings (SSSR count). The summed E-state index contributed by atoms with van der Waals surface area (Å²) in [6.45, 7) is 2.40. The molecule has 0 aromatic carbocycles. The summed E-state index contributed by atoms with van der Waals surface area (Å²) in [4.78, 5) is 0. The first-order valence-electron chi connectivity index (χ1n) is 5.61. The van der Waals surface area contributed by atoms with E-state index in [1.807, 2.05) is 0 Å². The molecule has 0 bridgehead atoms. The van der Waals surface area contributed by atoms with E-state index in [1.54, 1.807) is 0 Å². The molecular formula is C10H22B2. The second kappa shape index (κ2) is 4.39. The highest BCUT2D eigenvalue weighted by Gasteiger charge is 2.24. The molecule has 2 heteroatoms. The van der Waals surface area contributed by atoms with Crippen LogP contribution in [0.15, 0.2) is 0 Å². The van der Waals surface area contributed by atoms with Crippen LogP contribution in [-0.2, 0) is 0 Å². The first-order chi connectivity index (χ1) is 5.61. The molecule has 0 saturated heterocycles. The summed E-state index contributed by atoms with van der Waals surface area (Å²) in [5.74, 6) is 0.984. The Morgan fingerprint density at radius 3 is 1.75 bits per heavy atom. The van der Waals surface area contributed by atoms with Gasteiger partial charge in [-0.15, -0.1) is 0 Å². The molecule has 1 saturated carbocycles. The molecular weight excluding hydrogens is 142 g/mol. The van der Waals surface area contributed by atoms with Gasteiger partial charge in [0.2, 0.25) is 0 Å². The molecule has 0 atom stereocenters. The van der Waals surface area contributed by atoms with Gasteiger partial charge in [0.1, 0.15) is 0 Å². The van der Waals surface area contributed by atoms with Crippen molar-refractivity contribution in [3.05, 3.63) is 0 Å². The molecule has 0 N–H and O–H groups in total. The highest BCUT2D eigenvalue weighted by molar-refractivity contribution is 6.39. The van der Waals surface area contributed by atoms with Crippen molar-refractivity contribution >= 4 is 15.7 Å². The normalized spacial score (nSPS) is 23.1. The topological polar surface area (TPSA) is 0 Å². The Morgan fingerprint density at radius 1 is 0.917 bits per heavy atom. The predicted molar refractivity (Wildman–Crippen MR) is 61.3 cm³/mol. The number of hydrogen-bond acceptors (Lipinski definition) is 0. The van der Waals surface area contributed by atoms with Crippen molar-refractivity contribution in [2.75, 3.05) is 0 Å². The molecule has 1 aliphatic rings. The standard InChI is InChI=1S/C10H22B2/c1-10(11,12)9-7-5-3-2-4-6-8-9/h9H,2-8,11-12H2,1H3. The third kappa shape index (κ3) is 3.25. The minimum Gasteiger partial charge on any atom is -0.0845 e. The quantitative estimate of drug-likeness (QED) is 0.517. The fraction of sp³-hybridized carbons (Fsp3) is 1.00. The average molecular weight is 164 g/mol. The van der Waals surface area contributed by atoms with E-state index in [1.165, 1.54) is 44.9 Å². The van der Waals surface area contributed by atoms with E-state index in [9.17, 15) is 0 Å². The van der Waals surface area contributed by atoms with Crippen LogP contribution >= 0.6 is 0 Å². The lowest BCUT2D eigenvalue weighted by atomic mass is 9.48. The van der Waals surface area contributed by atoms with Crippen LogP contribution < -0.4 is 0 Å². The number of hydrogen-bond donors (Lipinski definition) is 0. The fourth-order valence-corrected chi connectivity index (χ4v) is 2.32. The maximum absolute atomic E-state index is 2.40. The van der Waals surface area contributed by atoms with Crippen molar-refractivity contribution in [2.24, 2.45) is 5.92 Å². The predicted octanol–water partition coefficient (Wildman–Crippen LogP) is 1.75. The molecule has 0 heterocycles. The van der Waals surface area contributed by atoms with Crippen molar-refractivity contribution in [1.29, 1.82) is 0 Å². The van der Waals surface area contributed by atoms with Gasteiger partial charge in [-0.25, -0.2) is 0 Å². The molecule has 1 fully saturated rings. The van der Waals surface area contributed by atoms with Gasteiger partial charge in [-0.2, -0.15) is 0 Å². The van der Waals surface area contributed by atoms with Gasteiger partial charge in [-0.05, 0) is 0 Å². The van der Waals surface area contributed by atoms with Crippen LogP contribution in [0.4, 0.5) is 0 Å². The van der Waals surface area contributed by atoms with Gasteiger partial charge < -0.3 is 0 Å². The second-order valence-electron chi connectivity index (χ2n) is 5.41. The Morgan fingerprint density at radius 2 is 1.33 bits per heavy atom. The Kier molecular flexibility index (Phi) is 3.74. The summed E-state index contributed by atoms with van der Waals surface area (Å²) in [7, 11) is 4.80. The zero-order chi connectivity index (χ0) is 9.03. The van der Waals surface area contributed by atoms with Gasteiger partial charge in [0.05, 0.1) is 15.7 Å². The van der Waals surface area contributed by atoms with E-state index in [2.05, 4.69) is 22.6 Å². The molecule has 0 spiro atoms. The summed E-state index contributed by atoms with van der Waals surface area (Å²) in [5, 5.41) is 0.553. The Hall–Kier alpha value is 0.130. The molecule has 0 radical (unpaired) electrons. The minimum absolute atomic E-state index is 0.553. The molecule has 0 amide bonds.